The molecule has 1 saturated heterocycles. The van der Waals surface area contributed by atoms with Crippen molar-refractivity contribution in [3.8, 4) is 0 Å². The quantitative estimate of drug-likeness (QED) is 0.740. The van der Waals surface area contributed by atoms with Gasteiger partial charge in [0, 0.05) is 26.1 Å². The summed E-state index contributed by atoms with van der Waals surface area (Å²) in [4.78, 5) is 37.7. The molecule has 2 aliphatic rings. The maximum absolute atomic E-state index is 12.2. The van der Waals surface area contributed by atoms with E-state index < -0.39 is 11.7 Å². The summed E-state index contributed by atoms with van der Waals surface area (Å²) in [6, 6.07) is 0. The van der Waals surface area contributed by atoms with Gasteiger partial charge in [0.1, 0.15) is 12.1 Å². The molecule has 0 atom stereocenters. The van der Waals surface area contributed by atoms with Gasteiger partial charge in [0.15, 0.2) is 0 Å². The number of alkyl carbamates (subject to hydrolysis) is 1. The highest BCUT2D eigenvalue weighted by Crippen LogP contribution is 2.27. The summed E-state index contributed by atoms with van der Waals surface area (Å²) in [5.41, 5.74) is -0.576. The normalized spacial score (nSPS) is 19.0. The van der Waals surface area contributed by atoms with Crippen LogP contribution in [-0.2, 0) is 14.3 Å². The largest absolute Gasteiger partial charge is 0.444 e. The van der Waals surface area contributed by atoms with Crippen molar-refractivity contribution >= 4 is 17.9 Å². The smallest absolute Gasteiger partial charge is 0.408 e. The minimum absolute atomic E-state index is 0.0439. The number of rotatable bonds is 6. The Hall–Kier alpha value is -1.79. The topological polar surface area (TPSA) is 87.7 Å². The average molecular weight is 382 g/mol. The number of nitrogens with one attached hydrogen (secondary N) is 2. The van der Waals surface area contributed by atoms with Gasteiger partial charge in [-0.3, -0.25) is 9.59 Å². The summed E-state index contributed by atoms with van der Waals surface area (Å²) in [6.07, 6.45) is 6.73. The van der Waals surface area contributed by atoms with Crippen LogP contribution in [-0.4, -0.2) is 54.6 Å². The zero-order valence-electron chi connectivity index (χ0n) is 17.0. The lowest BCUT2D eigenvalue weighted by atomic mass is 9.96. The molecule has 7 nitrogen and oxygen atoms in total. The molecule has 1 heterocycles. The van der Waals surface area contributed by atoms with Crippen LogP contribution < -0.4 is 10.6 Å². The molecular formula is C20H35N3O4. The van der Waals surface area contributed by atoms with Crippen molar-refractivity contribution < 1.29 is 19.1 Å². The SMILES string of the molecule is CC(C)(C)OC(=O)NCC(=O)N1CCC(CNC(=O)CC2CCCC2)CC1. The number of likely N-dealkylation sites (tertiary alicyclic amines) is 1. The van der Waals surface area contributed by atoms with E-state index in [2.05, 4.69) is 10.6 Å². The third kappa shape index (κ3) is 8.18. The van der Waals surface area contributed by atoms with E-state index in [9.17, 15) is 14.4 Å². The first kappa shape index (κ1) is 21.5. The number of amides is 3. The second kappa shape index (κ2) is 9.95. The lowest BCUT2D eigenvalue weighted by molar-refractivity contribution is -0.132. The van der Waals surface area contributed by atoms with Crippen LogP contribution in [0.1, 0.15) is 65.7 Å². The minimum Gasteiger partial charge on any atom is -0.444 e. The highest BCUT2D eigenvalue weighted by atomic mass is 16.6. The molecule has 1 saturated carbocycles. The number of ether oxygens (including phenoxy) is 1. The molecule has 2 fully saturated rings. The van der Waals surface area contributed by atoms with Gasteiger partial charge in [-0.1, -0.05) is 12.8 Å². The number of piperidine rings is 1. The van der Waals surface area contributed by atoms with E-state index in [1.54, 1.807) is 25.7 Å². The molecule has 0 aromatic rings. The van der Waals surface area contributed by atoms with Crippen molar-refractivity contribution in [1.82, 2.24) is 15.5 Å². The molecule has 3 amide bonds. The van der Waals surface area contributed by atoms with Gasteiger partial charge < -0.3 is 20.3 Å². The van der Waals surface area contributed by atoms with Crippen molar-refractivity contribution in [2.24, 2.45) is 11.8 Å². The minimum atomic E-state index is -0.576. The molecule has 0 radical (unpaired) electrons. The van der Waals surface area contributed by atoms with E-state index in [0.717, 1.165) is 12.8 Å². The second-order valence-corrected chi connectivity index (χ2v) is 8.84. The van der Waals surface area contributed by atoms with Gasteiger partial charge in [0.25, 0.3) is 0 Å². The van der Waals surface area contributed by atoms with Gasteiger partial charge >= 0.3 is 6.09 Å². The number of hydrogen-bond acceptors (Lipinski definition) is 4. The van der Waals surface area contributed by atoms with Crippen LogP contribution in [0.2, 0.25) is 0 Å². The van der Waals surface area contributed by atoms with Crippen LogP contribution >= 0.6 is 0 Å². The lowest BCUT2D eigenvalue weighted by Gasteiger charge is -2.32. The summed E-state index contributed by atoms with van der Waals surface area (Å²) < 4.78 is 5.13. The third-order valence-electron chi connectivity index (χ3n) is 5.29. The Bertz CT molecular complexity index is 516. The van der Waals surface area contributed by atoms with Crippen LogP contribution in [0.15, 0.2) is 0 Å². The van der Waals surface area contributed by atoms with Gasteiger partial charge in [-0.25, -0.2) is 4.79 Å². The Morgan fingerprint density at radius 3 is 2.19 bits per heavy atom. The summed E-state index contributed by atoms with van der Waals surface area (Å²) in [7, 11) is 0. The van der Waals surface area contributed by atoms with Crippen LogP contribution in [0.4, 0.5) is 4.79 Å². The molecule has 0 aromatic carbocycles. The van der Waals surface area contributed by atoms with Crippen LogP contribution in [0, 0.1) is 11.8 Å². The van der Waals surface area contributed by atoms with E-state index in [0.29, 0.717) is 37.9 Å². The molecule has 0 unspecified atom stereocenters. The monoisotopic (exact) mass is 381 g/mol. The van der Waals surface area contributed by atoms with E-state index in [1.807, 2.05) is 0 Å². The standard InChI is InChI=1S/C20H35N3O4/c1-20(2,3)27-19(26)22-14-18(25)23-10-8-16(9-11-23)13-21-17(24)12-15-6-4-5-7-15/h15-16H,4-14H2,1-3H3,(H,21,24)(H,22,26). The Morgan fingerprint density at radius 2 is 1.59 bits per heavy atom. The van der Waals surface area contributed by atoms with Crippen molar-refractivity contribution in [3.05, 3.63) is 0 Å². The molecule has 1 aliphatic heterocycles. The number of hydrogen-bond donors (Lipinski definition) is 2. The first-order valence-corrected chi connectivity index (χ1v) is 10.2. The molecule has 0 aromatic heterocycles. The number of carbonyl (C=O) groups is 3. The zero-order valence-corrected chi connectivity index (χ0v) is 17.0. The maximum atomic E-state index is 12.2. The molecule has 27 heavy (non-hydrogen) atoms. The summed E-state index contributed by atoms with van der Waals surface area (Å²) >= 11 is 0. The van der Waals surface area contributed by atoms with Crippen molar-refractivity contribution in [2.75, 3.05) is 26.2 Å². The molecule has 0 spiro atoms. The first-order valence-electron chi connectivity index (χ1n) is 10.2. The molecule has 0 bridgehead atoms. The lowest BCUT2D eigenvalue weighted by Crippen LogP contribution is -2.46. The van der Waals surface area contributed by atoms with Gasteiger partial charge in [0.2, 0.25) is 11.8 Å². The van der Waals surface area contributed by atoms with Gasteiger partial charge in [0.05, 0.1) is 0 Å². The second-order valence-electron chi connectivity index (χ2n) is 8.84. The fraction of sp³-hybridized carbons (Fsp3) is 0.850. The van der Waals surface area contributed by atoms with Crippen molar-refractivity contribution in [2.45, 2.75) is 71.3 Å². The van der Waals surface area contributed by atoms with E-state index in [1.165, 1.54) is 25.7 Å². The molecular weight excluding hydrogens is 346 g/mol. The van der Waals surface area contributed by atoms with Gasteiger partial charge in [-0.2, -0.15) is 0 Å². The average Bonchev–Trinajstić information content (AvgIpc) is 3.10. The Balaban J connectivity index is 1.59. The number of nitrogens with zero attached hydrogens (tertiary/aromatic N) is 1. The Morgan fingerprint density at radius 1 is 0.963 bits per heavy atom. The number of carbonyl (C=O) groups excluding carboxylic acids is 3. The fourth-order valence-electron chi connectivity index (χ4n) is 3.77. The summed E-state index contributed by atoms with van der Waals surface area (Å²) in [6.45, 7) is 7.33. The first-order chi connectivity index (χ1) is 12.7. The molecule has 2 rings (SSSR count). The highest BCUT2D eigenvalue weighted by molar-refractivity contribution is 5.82. The van der Waals surface area contributed by atoms with Crippen LogP contribution in [0.5, 0.6) is 0 Å². The zero-order chi connectivity index (χ0) is 19.9. The van der Waals surface area contributed by atoms with E-state index in [4.69, 9.17) is 4.74 Å². The van der Waals surface area contributed by atoms with E-state index in [-0.39, 0.29) is 18.4 Å². The summed E-state index contributed by atoms with van der Waals surface area (Å²) in [5, 5.41) is 5.58. The van der Waals surface area contributed by atoms with E-state index >= 15 is 0 Å². The maximum Gasteiger partial charge on any atom is 0.408 e. The third-order valence-corrected chi connectivity index (χ3v) is 5.29. The fourth-order valence-corrected chi connectivity index (χ4v) is 3.77. The van der Waals surface area contributed by atoms with Crippen LogP contribution in [0.3, 0.4) is 0 Å². The Kier molecular flexibility index (Phi) is 7.92. The highest BCUT2D eigenvalue weighted by Gasteiger charge is 2.25. The molecule has 2 N–H and O–H groups in total. The predicted octanol–water partition coefficient (Wildman–Crippen LogP) is 2.45. The van der Waals surface area contributed by atoms with Crippen molar-refractivity contribution in [3.63, 3.8) is 0 Å². The molecule has 154 valence electrons. The Labute approximate surface area is 162 Å². The molecule has 7 heteroatoms. The van der Waals surface area contributed by atoms with Crippen molar-refractivity contribution in [1.29, 1.82) is 0 Å². The predicted molar refractivity (Wildman–Crippen MR) is 103 cm³/mol. The molecule has 1 aliphatic carbocycles. The van der Waals surface area contributed by atoms with Gasteiger partial charge in [-0.05, 0) is 58.3 Å². The van der Waals surface area contributed by atoms with Crippen LogP contribution in [0.25, 0.3) is 0 Å². The summed E-state index contributed by atoms with van der Waals surface area (Å²) in [5.74, 6) is 1.06. The van der Waals surface area contributed by atoms with Gasteiger partial charge in [-0.15, -0.1) is 0 Å².